The van der Waals surface area contributed by atoms with Crippen LogP contribution in [0.4, 0.5) is 4.79 Å². The second kappa shape index (κ2) is 12.9. The van der Waals surface area contributed by atoms with Crippen molar-refractivity contribution in [3.05, 3.63) is 71.3 Å². The summed E-state index contributed by atoms with van der Waals surface area (Å²) in [6.45, 7) is 4.56. The van der Waals surface area contributed by atoms with Gasteiger partial charge in [0.15, 0.2) is 0 Å². The zero-order valence-corrected chi connectivity index (χ0v) is 20.2. The lowest BCUT2D eigenvalue weighted by Crippen LogP contribution is -2.41. The van der Waals surface area contributed by atoms with Crippen molar-refractivity contribution in [3.8, 4) is 0 Å². The fourth-order valence-electron chi connectivity index (χ4n) is 4.38. The van der Waals surface area contributed by atoms with Crippen molar-refractivity contribution in [3.63, 3.8) is 0 Å². The molecule has 2 atom stereocenters. The van der Waals surface area contributed by atoms with E-state index in [4.69, 9.17) is 9.47 Å². The number of hydrogen-bond acceptors (Lipinski definition) is 5. The molecule has 1 aliphatic rings. The van der Waals surface area contributed by atoms with E-state index < -0.39 is 18.0 Å². The van der Waals surface area contributed by atoms with Crippen LogP contribution in [0.15, 0.2) is 54.6 Å². The Labute approximate surface area is 202 Å². The molecule has 6 nitrogen and oxygen atoms in total. The summed E-state index contributed by atoms with van der Waals surface area (Å²) in [6.07, 6.45) is 4.39. The predicted octanol–water partition coefficient (Wildman–Crippen LogP) is 5.98. The third-order valence-corrected chi connectivity index (χ3v) is 6.25. The Morgan fingerprint density at radius 2 is 1.65 bits per heavy atom. The number of carbonyl (C=O) groups is 3. The normalized spacial score (nSPS) is 15.8. The number of benzene rings is 2. The monoisotopic (exact) mass is 465 g/mol. The molecule has 0 saturated carbocycles. The zero-order valence-electron chi connectivity index (χ0n) is 20.2. The summed E-state index contributed by atoms with van der Waals surface area (Å²) in [5.41, 5.74) is 3.16. The minimum atomic E-state index is -0.716. The number of unbranched alkanes of at least 4 members (excludes halogenated alkanes) is 2. The Balaban J connectivity index is 1.58. The van der Waals surface area contributed by atoms with Crippen LogP contribution in [-0.2, 0) is 25.5 Å². The first-order valence-corrected chi connectivity index (χ1v) is 12.4. The Morgan fingerprint density at radius 3 is 2.38 bits per heavy atom. The first-order chi connectivity index (χ1) is 16.5. The second-order valence-electron chi connectivity index (χ2n) is 8.71. The van der Waals surface area contributed by atoms with Crippen molar-refractivity contribution in [2.45, 2.75) is 77.4 Å². The molecule has 0 saturated heterocycles. The molecule has 6 heteroatoms. The van der Waals surface area contributed by atoms with Gasteiger partial charge in [0.25, 0.3) is 0 Å². The van der Waals surface area contributed by atoms with Gasteiger partial charge < -0.3 is 9.47 Å². The lowest BCUT2D eigenvalue weighted by molar-refractivity contribution is -0.152. The number of ether oxygens (including phenoxy) is 2. The molecule has 1 amide bonds. The van der Waals surface area contributed by atoms with Gasteiger partial charge in [-0.3, -0.25) is 14.5 Å². The lowest BCUT2D eigenvalue weighted by Gasteiger charge is -2.36. The summed E-state index contributed by atoms with van der Waals surface area (Å²) < 4.78 is 10.6. The number of amides is 1. The Morgan fingerprint density at radius 1 is 0.941 bits per heavy atom. The van der Waals surface area contributed by atoms with Gasteiger partial charge in [-0.1, -0.05) is 81.3 Å². The quantitative estimate of drug-likeness (QED) is 0.245. The maximum atomic E-state index is 13.0. The molecule has 2 unspecified atom stereocenters. The highest BCUT2D eigenvalue weighted by molar-refractivity contribution is 5.87. The maximum Gasteiger partial charge on any atom is 0.418 e. The Hall–Kier alpha value is -3.15. The number of fused-ring (bicyclic) bond motifs is 1. The van der Waals surface area contributed by atoms with Crippen molar-refractivity contribution in [2.24, 2.45) is 0 Å². The molecule has 0 aliphatic carbocycles. The van der Waals surface area contributed by atoms with Crippen molar-refractivity contribution < 1.29 is 23.9 Å². The SMILES string of the molecule is CCCCCC(CC)OC(=O)CCC(=O)OC(=O)N1CCc2ccccc2C1c1ccccc1. The van der Waals surface area contributed by atoms with Crippen LogP contribution in [0, 0.1) is 0 Å². The summed E-state index contributed by atoms with van der Waals surface area (Å²) >= 11 is 0. The molecule has 1 heterocycles. The molecule has 0 fully saturated rings. The molecule has 34 heavy (non-hydrogen) atoms. The van der Waals surface area contributed by atoms with Gasteiger partial charge in [0, 0.05) is 6.54 Å². The van der Waals surface area contributed by atoms with E-state index in [-0.39, 0.29) is 25.0 Å². The number of rotatable bonds is 10. The molecule has 0 radical (unpaired) electrons. The van der Waals surface area contributed by atoms with Gasteiger partial charge >= 0.3 is 18.0 Å². The van der Waals surface area contributed by atoms with Gasteiger partial charge in [-0.2, -0.15) is 0 Å². The molecule has 182 valence electrons. The Kier molecular flexibility index (Phi) is 9.68. The lowest BCUT2D eigenvalue weighted by atomic mass is 9.88. The minimum absolute atomic E-state index is 0.0959. The van der Waals surface area contributed by atoms with E-state index in [0.29, 0.717) is 13.0 Å². The van der Waals surface area contributed by atoms with Gasteiger partial charge in [0.1, 0.15) is 6.10 Å². The second-order valence-corrected chi connectivity index (χ2v) is 8.71. The van der Waals surface area contributed by atoms with Crippen LogP contribution in [0.1, 0.15) is 81.5 Å². The predicted molar refractivity (Wildman–Crippen MR) is 130 cm³/mol. The van der Waals surface area contributed by atoms with Crippen molar-refractivity contribution in [2.75, 3.05) is 6.54 Å². The number of nitrogens with zero attached hydrogens (tertiary/aromatic N) is 1. The van der Waals surface area contributed by atoms with E-state index in [1.165, 1.54) is 5.56 Å². The third-order valence-electron chi connectivity index (χ3n) is 6.25. The van der Waals surface area contributed by atoms with E-state index in [1.54, 1.807) is 4.90 Å². The topological polar surface area (TPSA) is 72.9 Å². The molecule has 3 rings (SSSR count). The van der Waals surface area contributed by atoms with Gasteiger partial charge in [-0.15, -0.1) is 0 Å². The van der Waals surface area contributed by atoms with E-state index in [1.807, 2.05) is 55.5 Å². The molecule has 2 aromatic rings. The van der Waals surface area contributed by atoms with Crippen LogP contribution in [0.3, 0.4) is 0 Å². The fourth-order valence-corrected chi connectivity index (χ4v) is 4.38. The molecule has 0 aromatic heterocycles. The molecular formula is C28H35NO5. The van der Waals surface area contributed by atoms with Crippen LogP contribution >= 0.6 is 0 Å². The van der Waals surface area contributed by atoms with Crippen LogP contribution < -0.4 is 0 Å². The molecule has 0 spiro atoms. The van der Waals surface area contributed by atoms with Crippen LogP contribution in [0.2, 0.25) is 0 Å². The summed E-state index contributed by atoms with van der Waals surface area (Å²) in [4.78, 5) is 39.1. The summed E-state index contributed by atoms with van der Waals surface area (Å²) in [6, 6.07) is 17.4. The van der Waals surface area contributed by atoms with Gasteiger partial charge in [-0.05, 0) is 42.4 Å². The van der Waals surface area contributed by atoms with E-state index in [9.17, 15) is 14.4 Å². The zero-order chi connectivity index (χ0) is 24.3. The maximum absolute atomic E-state index is 13.0. The molecule has 1 aliphatic heterocycles. The highest BCUT2D eigenvalue weighted by Crippen LogP contribution is 2.35. The standard InChI is InChI=1S/C28H35NO5/c1-3-5-7-15-23(4-2)33-25(30)17-18-26(31)34-28(32)29-20-19-21-12-10-11-16-24(21)27(29)22-13-8-6-9-14-22/h6,8-14,16,23,27H,3-5,7,15,17-20H2,1-2H3. The van der Waals surface area contributed by atoms with E-state index in [0.717, 1.165) is 43.2 Å². The van der Waals surface area contributed by atoms with E-state index in [2.05, 4.69) is 13.0 Å². The highest BCUT2D eigenvalue weighted by atomic mass is 16.6. The average Bonchev–Trinajstić information content (AvgIpc) is 2.86. The first kappa shape index (κ1) is 25.5. The van der Waals surface area contributed by atoms with Crippen LogP contribution in [-0.4, -0.2) is 35.6 Å². The number of esters is 2. The van der Waals surface area contributed by atoms with Crippen LogP contribution in [0.5, 0.6) is 0 Å². The smallest absolute Gasteiger partial charge is 0.418 e. The molecule has 0 bridgehead atoms. The largest absolute Gasteiger partial charge is 0.462 e. The van der Waals surface area contributed by atoms with Crippen molar-refractivity contribution in [1.29, 1.82) is 0 Å². The highest BCUT2D eigenvalue weighted by Gasteiger charge is 2.33. The minimum Gasteiger partial charge on any atom is -0.462 e. The number of carbonyl (C=O) groups excluding carboxylic acids is 3. The van der Waals surface area contributed by atoms with E-state index >= 15 is 0 Å². The van der Waals surface area contributed by atoms with Crippen molar-refractivity contribution in [1.82, 2.24) is 4.90 Å². The number of hydrogen-bond donors (Lipinski definition) is 0. The average molecular weight is 466 g/mol. The van der Waals surface area contributed by atoms with Gasteiger partial charge in [0.2, 0.25) is 0 Å². The summed E-state index contributed by atoms with van der Waals surface area (Å²) in [7, 11) is 0. The van der Waals surface area contributed by atoms with Gasteiger partial charge in [-0.25, -0.2) is 4.79 Å². The fraction of sp³-hybridized carbons (Fsp3) is 0.464. The van der Waals surface area contributed by atoms with Crippen molar-refractivity contribution >= 4 is 18.0 Å². The summed E-state index contributed by atoms with van der Waals surface area (Å²) in [5.74, 6) is -1.14. The molecule has 0 N–H and O–H groups in total. The first-order valence-electron chi connectivity index (χ1n) is 12.4. The third kappa shape index (κ3) is 6.92. The molecular weight excluding hydrogens is 430 g/mol. The van der Waals surface area contributed by atoms with Crippen LogP contribution in [0.25, 0.3) is 0 Å². The Bertz CT molecular complexity index is 958. The van der Waals surface area contributed by atoms with Gasteiger partial charge in [0.05, 0.1) is 18.9 Å². The summed E-state index contributed by atoms with van der Waals surface area (Å²) in [5, 5.41) is 0. The molecule has 2 aromatic carbocycles.